The van der Waals surface area contributed by atoms with Crippen LogP contribution in [0.5, 0.6) is 11.8 Å². The summed E-state index contributed by atoms with van der Waals surface area (Å²) >= 11 is 0. The minimum atomic E-state index is -0.601. The molecule has 1 aromatic rings. The highest BCUT2D eigenvalue weighted by molar-refractivity contribution is 5.21. The molecule has 3 N–H and O–H groups in total. The number of nitrogens with zero attached hydrogens (tertiary/aromatic N) is 1. The Balaban J connectivity index is 2.87. The molecule has 0 amide bonds. The first-order valence-electron chi connectivity index (χ1n) is 2.59. The summed E-state index contributed by atoms with van der Waals surface area (Å²) in [6.07, 6.45) is 0. The van der Waals surface area contributed by atoms with Crippen LogP contribution in [0.4, 0.5) is 0 Å². The van der Waals surface area contributed by atoms with E-state index in [4.69, 9.17) is 15.3 Å². The Bertz CT molecular complexity index is 200. The largest absolute Gasteiger partial charge is 0.492 e. The van der Waals surface area contributed by atoms with Crippen LogP contribution >= 0.6 is 0 Å². The number of hydrogen-bond acceptors (Lipinski definition) is 4. The van der Waals surface area contributed by atoms with Crippen LogP contribution in [0.3, 0.4) is 0 Å². The van der Waals surface area contributed by atoms with E-state index >= 15 is 0 Å². The van der Waals surface area contributed by atoms with E-state index in [1.807, 2.05) is 0 Å². The van der Waals surface area contributed by atoms with Gasteiger partial charge in [0.05, 0.1) is 0 Å². The van der Waals surface area contributed by atoms with Gasteiger partial charge in [0.25, 0.3) is 0 Å². The van der Waals surface area contributed by atoms with Crippen LogP contribution in [-0.4, -0.2) is 26.8 Å². The molecular weight excluding hydrogens is 138 g/mol. The van der Waals surface area contributed by atoms with Crippen molar-refractivity contribution in [3.63, 3.8) is 0 Å². The Morgan fingerprint density at radius 3 is 2.20 bits per heavy atom. The molecule has 5 nitrogen and oxygen atoms in total. The van der Waals surface area contributed by atoms with Gasteiger partial charge in [-0.15, -0.1) is 4.73 Å². The lowest BCUT2D eigenvalue weighted by Crippen LogP contribution is -2.10. The molecule has 0 unspecified atom stereocenters. The Hall–Kier alpha value is -1.36. The first-order valence-corrected chi connectivity index (χ1v) is 2.59. The number of aliphatic hydroxyl groups is 1. The second-order valence-corrected chi connectivity index (χ2v) is 1.60. The van der Waals surface area contributed by atoms with Crippen molar-refractivity contribution in [2.75, 3.05) is 6.79 Å². The SMILES string of the molecule is OCOn1c(O)ccc1O. The van der Waals surface area contributed by atoms with Crippen LogP contribution in [0.1, 0.15) is 0 Å². The van der Waals surface area contributed by atoms with Gasteiger partial charge in [-0.05, 0) is 0 Å². The molecule has 1 heterocycles. The molecule has 1 aromatic heterocycles. The highest BCUT2D eigenvalue weighted by Crippen LogP contribution is 2.17. The lowest BCUT2D eigenvalue weighted by Gasteiger charge is -2.03. The fraction of sp³-hybridized carbons (Fsp3) is 0.200. The number of rotatable bonds is 2. The van der Waals surface area contributed by atoms with E-state index in [9.17, 15) is 0 Å². The van der Waals surface area contributed by atoms with Gasteiger partial charge in [0.1, 0.15) is 0 Å². The van der Waals surface area contributed by atoms with E-state index < -0.39 is 6.79 Å². The molecule has 0 saturated heterocycles. The van der Waals surface area contributed by atoms with Gasteiger partial charge in [-0.1, -0.05) is 0 Å². The third-order valence-corrected chi connectivity index (χ3v) is 0.984. The molecule has 5 heteroatoms. The van der Waals surface area contributed by atoms with Gasteiger partial charge in [0.15, 0.2) is 0 Å². The summed E-state index contributed by atoms with van der Waals surface area (Å²) in [5, 5.41) is 25.9. The van der Waals surface area contributed by atoms with Crippen molar-refractivity contribution in [1.29, 1.82) is 0 Å². The molecule has 10 heavy (non-hydrogen) atoms. The summed E-state index contributed by atoms with van der Waals surface area (Å²) < 4.78 is 0.708. The molecule has 0 radical (unpaired) electrons. The predicted octanol–water partition coefficient (Wildman–Crippen LogP) is -0.722. The Morgan fingerprint density at radius 1 is 1.30 bits per heavy atom. The van der Waals surface area contributed by atoms with Crippen LogP contribution in [0.15, 0.2) is 12.1 Å². The topological polar surface area (TPSA) is 74.9 Å². The minimum absolute atomic E-state index is 0.258. The molecular formula is C5H7NO4. The van der Waals surface area contributed by atoms with E-state index in [-0.39, 0.29) is 11.8 Å². The van der Waals surface area contributed by atoms with Crippen molar-refractivity contribution in [3.05, 3.63) is 12.1 Å². The van der Waals surface area contributed by atoms with Gasteiger partial charge >= 0.3 is 0 Å². The number of aliphatic hydroxyl groups excluding tert-OH is 1. The molecule has 0 spiro atoms. The van der Waals surface area contributed by atoms with Crippen LogP contribution in [0.2, 0.25) is 0 Å². The molecule has 0 aliphatic heterocycles. The fourth-order valence-electron chi connectivity index (χ4n) is 0.592. The van der Waals surface area contributed by atoms with Gasteiger partial charge in [-0.3, -0.25) is 0 Å². The summed E-state index contributed by atoms with van der Waals surface area (Å²) in [7, 11) is 0. The Morgan fingerprint density at radius 2 is 1.80 bits per heavy atom. The molecule has 0 aliphatic rings. The molecule has 0 saturated carbocycles. The maximum absolute atomic E-state index is 8.83. The lowest BCUT2D eigenvalue weighted by atomic mass is 10.6. The first kappa shape index (κ1) is 6.76. The van der Waals surface area contributed by atoms with Crippen LogP contribution in [-0.2, 0) is 0 Å². The molecule has 56 valence electrons. The zero-order chi connectivity index (χ0) is 7.56. The quantitative estimate of drug-likeness (QED) is 0.480. The Kier molecular flexibility index (Phi) is 1.68. The van der Waals surface area contributed by atoms with Gasteiger partial charge < -0.3 is 20.2 Å². The second kappa shape index (κ2) is 2.49. The zero-order valence-corrected chi connectivity index (χ0v) is 5.06. The number of aromatic nitrogens is 1. The predicted molar refractivity (Wildman–Crippen MR) is 31.4 cm³/mol. The summed E-state index contributed by atoms with van der Waals surface area (Å²) in [6, 6.07) is 2.48. The molecule has 0 aliphatic carbocycles. The van der Waals surface area contributed by atoms with E-state index in [2.05, 4.69) is 4.84 Å². The normalized spacial score (nSPS) is 9.70. The highest BCUT2D eigenvalue weighted by atomic mass is 16.7. The van der Waals surface area contributed by atoms with Crippen molar-refractivity contribution in [3.8, 4) is 11.8 Å². The summed E-state index contributed by atoms with van der Waals surface area (Å²) in [5.41, 5.74) is 0. The maximum atomic E-state index is 8.83. The van der Waals surface area contributed by atoms with Crippen molar-refractivity contribution in [2.24, 2.45) is 0 Å². The average molecular weight is 145 g/mol. The van der Waals surface area contributed by atoms with Crippen molar-refractivity contribution in [1.82, 2.24) is 4.73 Å². The van der Waals surface area contributed by atoms with Crippen LogP contribution in [0.25, 0.3) is 0 Å². The van der Waals surface area contributed by atoms with Crippen LogP contribution in [0, 0.1) is 0 Å². The second-order valence-electron chi connectivity index (χ2n) is 1.60. The molecule has 1 rings (SSSR count). The average Bonchev–Trinajstić information content (AvgIpc) is 2.20. The Labute approximate surface area is 56.7 Å². The minimum Gasteiger partial charge on any atom is -0.492 e. The van der Waals surface area contributed by atoms with E-state index in [1.54, 1.807) is 0 Å². The third-order valence-electron chi connectivity index (χ3n) is 0.984. The maximum Gasteiger partial charge on any atom is 0.229 e. The zero-order valence-electron chi connectivity index (χ0n) is 5.06. The van der Waals surface area contributed by atoms with E-state index in [1.165, 1.54) is 12.1 Å². The number of hydrogen-bond donors (Lipinski definition) is 3. The summed E-state index contributed by atoms with van der Waals surface area (Å²) in [5.74, 6) is -0.516. The van der Waals surface area contributed by atoms with Gasteiger partial charge in [-0.2, -0.15) is 0 Å². The molecule has 0 aromatic carbocycles. The summed E-state index contributed by atoms with van der Waals surface area (Å²) in [4.78, 5) is 4.38. The van der Waals surface area contributed by atoms with Gasteiger partial charge in [-0.25, -0.2) is 0 Å². The molecule has 0 bridgehead atoms. The van der Waals surface area contributed by atoms with Gasteiger partial charge in [0, 0.05) is 12.1 Å². The first-order chi connectivity index (χ1) is 4.75. The van der Waals surface area contributed by atoms with Crippen molar-refractivity contribution < 1.29 is 20.2 Å². The summed E-state index contributed by atoms with van der Waals surface area (Å²) in [6.45, 7) is -0.601. The molecule has 0 fully saturated rings. The van der Waals surface area contributed by atoms with Crippen molar-refractivity contribution >= 4 is 0 Å². The standard InChI is InChI=1S/C5H7NO4/c7-3-10-6-4(8)1-2-5(6)9/h1-2,7-9H,3H2. The van der Waals surface area contributed by atoms with E-state index in [0.717, 1.165) is 0 Å². The monoisotopic (exact) mass is 145 g/mol. The lowest BCUT2D eigenvalue weighted by molar-refractivity contribution is -0.0266. The molecule has 0 atom stereocenters. The number of aromatic hydroxyl groups is 2. The third kappa shape index (κ3) is 0.985. The van der Waals surface area contributed by atoms with Gasteiger partial charge in [0.2, 0.25) is 18.6 Å². The highest BCUT2D eigenvalue weighted by Gasteiger charge is 2.04. The van der Waals surface area contributed by atoms with Crippen LogP contribution < -0.4 is 4.84 Å². The van der Waals surface area contributed by atoms with Crippen molar-refractivity contribution in [2.45, 2.75) is 0 Å². The smallest absolute Gasteiger partial charge is 0.229 e. The van der Waals surface area contributed by atoms with E-state index in [0.29, 0.717) is 4.73 Å². The fourth-order valence-corrected chi connectivity index (χ4v) is 0.592.